The summed E-state index contributed by atoms with van der Waals surface area (Å²) in [7, 11) is 0. The van der Waals surface area contributed by atoms with Crippen molar-refractivity contribution in [3.63, 3.8) is 0 Å². The number of alkyl carbamates (subject to hydrolysis) is 1. The SMILES string of the molecule is C=C(NCCC=O)NC(=O)OC(C)(C)C. The molecule has 5 nitrogen and oxygen atoms in total. The second kappa shape index (κ2) is 6.06. The lowest BCUT2D eigenvalue weighted by molar-refractivity contribution is -0.107. The van der Waals surface area contributed by atoms with Gasteiger partial charge in [0.1, 0.15) is 17.7 Å². The summed E-state index contributed by atoms with van der Waals surface area (Å²) in [6, 6.07) is 0. The Labute approximate surface area is 89.9 Å². The summed E-state index contributed by atoms with van der Waals surface area (Å²) in [6.07, 6.45) is 0.592. The molecule has 1 amide bonds. The van der Waals surface area contributed by atoms with Crippen molar-refractivity contribution in [1.29, 1.82) is 0 Å². The van der Waals surface area contributed by atoms with Gasteiger partial charge in [0.05, 0.1) is 0 Å². The molecule has 0 heterocycles. The molecule has 86 valence electrons. The third-order valence-electron chi connectivity index (χ3n) is 1.25. The van der Waals surface area contributed by atoms with E-state index in [1.165, 1.54) is 0 Å². The first-order valence-corrected chi connectivity index (χ1v) is 4.71. The second-order valence-corrected chi connectivity index (χ2v) is 3.99. The van der Waals surface area contributed by atoms with E-state index in [1.54, 1.807) is 20.8 Å². The summed E-state index contributed by atoms with van der Waals surface area (Å²) in [5.74, 6) is 0.325. The normalized spacial score (nSPS) is 10.3. The Kier molecular flexibility index (Phi) is 5.44. The minimum Gasteiger partial charge on any atom is -0.444 e. The van der Waals surface area contributed by atoms with Crippen LogP contribution in [-0.4, -0.2) is 24.5 Å². The molecule has 0 radical (unpaired) electrons. The summed E-state index contributed by atoms with van der Waals surface area (Å²) >= 11 is 0. The van der Waals surface area contributed by atoms with E-state index in [1.807, 2.05) is 0 Å². The van der Waals surface area contributed by atoms with E-state index in [4.69, 9.17) is 4.74 Å². The summed E-state index contributed by atoms with van der Waals surface area (Å²) in [6.45, 7) is 9.32. The molecule has 0 spiro atoms. The highest BCUT2D eigenvalue weighted by molar-refractivity contribution is 5.69. The number of hydrogen-bond donors (Lipinski definition) is 2. The smallest absolute Gasteiger partial charge is 0.413 e. The quantitative estimate of drug-likeness (QED) is 0.532. The van der Waals surface area contributed by atoms with E-state index in [-0.39, 0.29) is 0 Å². The first kappa shape index (κ1) is 13.5. The lowest BCUT2D eigenvalue weighted by Gasteiger charge is -2.20. The van der Waals surface area contributed by atoms with Crippen molar-refractivity contribution in [3.05, 3.63) is 12.4 Å². The van der Waals surface area contributed by atoms with Crippen LogP contribution in [0.15, 0.2) is 12.4 Å². The van der Waals surface area contributed by atoms with Crippen LogP contribution in [0.5, 0.6) is 0 Å². The Morgan fingerprint density at radius 2 is 2.07 bits per heavy atom. The van der Waals surface area contributed by atoms with Crippen LogP contribution in [0.1, 0.15) is 27.2 Å². The van der Waals surface area contributed by atoms with Gasteiger partial charge in [-0.25, -0.2) is 4.79 Å². The van der Waals surface area contributed by atoms with Crippen LogP contribution in [0.25, 0.3) is 0 Å². The minimum atomic E-state index is -0.564. The van der Waals surface area contributed by atoms with Crippen molar-refractivity contribution >= 4 is 12.4 Å². The first-order valence-electron chi connectivity index (χ1n) is 4.71. The van der Waals surface area contributed by atoms with Gasteiger partial charge in [-0.15, -0.1) is 0 Å². The fraction of sp³-hybridized carbons (Fsp3) is 0.600. The lowest BCUT2D eigenvalue weighted by Crippen LogP contribution is -2.36. The fourth-order valence-electron chi connectivity index (χ4n) is 0.753. The highest BCUT2D eigenvalue weighted by Gasteiger charge is 2.16. The molecule has 0 aliphatic rings. The molecule has 0 bridgehead atoms. The van der Waals surface area contributed by atoms with Crippen LogP contribution in [0.3, 0.4) is 0 Å². The summed E-state index contributed by atoms with van der Waals surface area (Å²) in [5, 5.41) is 5.18. The van der Waals surface area contributed by atoms with Gasteiger partial charge in [-0.1, -0.05) is 6.58 Å². The van der Waals surface area contributed by atoms with Crippen molar-refractivity contribution < 1.29 is 14.3 Å². The van der Waals surface area contributed by atoms with Gasteiger partial charge >= 0.3 is 6.09 Å². The van der Waals surface area contributed by atoms with Crippen molar-refractivity contribution in [2.24, 2.45) is 0 Å². The molecular formula is C10H18N2O3. The largest absolute Gasteiger partial charge is 0.444 e. The molecule has 0 aromatic carbocycles. The minimum absolute atomic E-state index is 0.325. The molecule has 0 saturated heterocycles. The number of hydrogen-bond acceptors (Lipinski definition) is 4. The molecule has 0 saturated carbocycles. The van der Waals surface area contributed by atoms with E-state index in [0.29, 0.717) is 18.8 Å². The van der Waals surface area contributed by atoms with Crippen LogP contribution in [-0.2, 0) is 9.53 Å². The highest BCUT2D eigenvalue weighted by Crippen LogP contribution is 2.06. The Bertz CT molecular complexity index is 244. The highest BCUT2D eigenvalue weighted by atomic mass is 16.6. The van der Waals surface area contributed by atoms with Gasteiger partial charge in [0.15, 0.2) is 0 Å². The number of rotatable bonds is 5. The van der Waals surface area contributed by atoms with Gasteiger partial charge < -0.3 is 14.8 Å². The van der Waals surface area contributed by atoms with Crippen molar-refractivity contribution in [2.75, 3.05) is 6.54 Å². The Morgan fingerprint density at radius 1 is 1.47 bits per heavy atom. The molecule has 0 fully saturated rings. The predicted molar refractivity (Wildman–Crippen MR) is 57.2 cm³/mol. The summed E-state index contributed by atoms with van der Waals surface area (Å²) in [4.78, 5) is 21.2. The Balaban J connectivity index is 3.77. The van der Waals surface area contributed by atoms with E-state index in [2.05, 4.69) is 17.2 Å². The third kappa shape index (κ3) is 8.80. The van der Waals surface area contributed by atoms with Gasteiger partial charge in [0.25, 0.3) is 0 Å². The second-order valence-electron chi connectivity index (χ2n) is 3.99. The number of carbonyl (C=O) groups is 2. The van der Waals surface area contributed by atoms with Crippen molar-refractivity contribution in [2.45, 2.75) is 32.8 Å². The van der Waals surface area contributed by atoms with E-state index in [0.717, 1.165) is 6.29 Å². The average Bonchev–Trinajstić information content (AvgIpc) is 2.00. The van der Waals surface area contributed by atoms with Gasteiger partial charge in [0, 0.05) is 13.0 Å². The monoisotopic (exact) mass is 214 g/mol. The zero-order chi connectivity index (χ0) is 11.9. The maximum Gasteiger partial charge on any atom is 0.413 e. The number of amides is 1. The Morgan fingerprint density at radius 3 is 2.53 bits per heavy atom. The molecule has 0 rings (SSSR count). The van der Waals surface area contributed by atoms with E-state index < -0.39 is 11.7 Å². The van der Waals surface area contributed by atoms with E-state index in [9.17, 15) is 9.59 Å². The number of aldehydes is 1. The molecule has 0 atom stereocenters. The van der Waals surface area contributed by atoms with Crippen LogP contribution < -0.4 is 10.6 Å². The summed E-state index contributed by atoms with van der Waals surface area (Å²) in [5.41, 5.74) is -0.535. The topological polar surface area (TPSA) is 67.4 Å². The number of nitrogens with one attached hydrogen (secondary N) is 2. The maximum absolute atomic E-state index is 11.2. The molecule has 15 heavy (non-hydrogen) atoms. The maximum atomic E-state index is 11.2. The molecule has 2 N–H and O–H groups in total. The van der Waals surface area contributed by atoms with Gasteiger partial charge in [-0.05, 0) is 20.8 Å². The molecule has 5 heteroatoms. The predicted octanol–water partition coefficient (Wildman–Crippen LogP) is 1.16. The van der Waals surface area contributed by atoms with Crippen LogP contribution in [0, 0.1) is 0 Å². The molecular weight excluding hydrogens is 196 g/mol. The van der Waals surface area contributed by atoms with Gasteiger partial charge in [-0.3, -0.25) is 5.32 Å². The summed E-state index contributed by atoms with van der Waals surface area (Å²) < 4.78 is 4.99. The van der Waals surface area contributed by atoms with Gasteiger partial charge in [0.2, 0.25) is 0 Å². The molecule has 0 aromatic rings. The number of carbonyl (C=O) groups excluding carboxylic acids is 2. The molecule has 0 unspecified atom stereocenters. The zero-order valence-electron chi connectivity index (χ0n) is 9.42. The third-order valence-corrected chi connectivity index (χ3v) is 1.25. The van der Waals surface area contributed by atoms with Crippen LogP contribution in [0.2, 0.25) is 0 Å². The van der Waals surface area contributed by atoms with Crippen LogP contribution in [0.4, 0.5) is 4.79 Å². The van der Waals surface area contributed by atoms with Crippen molar-refractivity contribution in [1.82, 2.24) is 10.6 Å². The fourth-order valence-corrected chi connectivity index (χ4v) is 0.753. The van der Waals surface area contributed by atoms with Crippen molar-refractivity contribution in [3.8, 4) is 0 Å². The first-order chi connectivity index (χ1) is 6.85. The Hall–Kier alpha value is -1.52. The molecule has 0 aromatic heterocycles. The van der Waals surface area contributed by atoms with E-state index >= 15 is 0 Å². The standard InChI is InChI=1S/C10H18N2O3/c1-8(11-6-5-7-13)12-9(14)15-10(2,3)4/h7,11H,1,5-6H2,2-4H3,(H,12,14). The van der Waals surface area contributed by atoms with Gasteiger partial charge in [-0.2, -0.15) is 0 Å². The number of ether oxygens (including phenoxy) is 1. The molecule has 0 aliphatic heterocycles. The molecule has 0 aliphatic carbocycles. The van der Waals surface area contributed by atoms with Crippen LogP contribution >= 0.6 is 0 Å². The lowest BCUT2D eigenvalue weighted by atomic mass is 10.2. The zero-order valence-corrected chi connectivity index (χ0v) is 9.42. The average molecular weight is 214 g/mol.